The molecule has 0 spiro atoms. The number of benzene rings is 1. The Hall–Kier alpha value is -1.71. The van der Waals surface area contributed by atoms with Crippen molar-refractivity contribution in [3.8, 4) is 11.5 Å². The Morgan fingerprint density at radius 1 is 1.57 bits per heavy atom. The van der Waals surface area contributed by atoms with Crippen molar-refractivity contribution >= 4 is 5.91 Å². The fourth-order valence-corrected chi connectivity index (χ4v) is 1.02. The molecule has 3 N–H and O–H groups in total. The molecule has 0 aliphatic heterocycles. The van der Waals surface area contributed by atoms with Gasteiger partial charge in [0, 0.05) is 0 Å². The van der Waals surface area contributed by atoms with Crippen molar-refractivity contribution in [2.75, 3.05) is 6.61 Å². The molecular weight excluding hydrogens is 182 g/mol. The van der Waals surface area contributed by atoms with Crippen molar-refractivity contribution in [2.45, 2.75) is 13.3 Å². The zero-order valence-electron chi connectivity index (χ0n) is 7.99. The summed E-state index contributed by atoms with van der Waals surface area (Å²) in [6.45, 7) is 2.55. The topological polar surface area (TPSA) is 72.6 Å². The molecule has 4 nitrogen and oxygen atoms in total. The van der Waals surface area contributed by atoms with E-state index < -0.39 is 5.91 Å². The van der Waals surface area contributed by atoms with Crippen molar-refractivity contribution in [1.82, 2.24) is 0 Å². The third-order valence-corrected chi connectivity index (χ3v) is 1.71. The van der Waals surface area contributed by atoms with E-state index in [1.54, 1.807) is 6.07 Å². The molecule has 0 saturated heterocycles. The van der Waals surface area contributed by atoms with E-state index in [-0.39, 0.29) is 11.3 Å². The SMILES string of the molecule is CCCOc1ccc(O)c(C(N)=O)c1. The Kier molecular flexibility index (Phi) is 3.34. The molecule has 0 aliphatic carbocycles. The summed E-state index contributed by atoms with van der Waals surface area (Å²) in [5.41, 5.74) is 5.14. The highest BCUT2D eigenvalue weighted by molar-refractivity contribution is 5.95. The Morgan fingerprint density at radius 3 is 2.86 bits per heavy atom. The average molecular weight is 195 g/mol. The first-order valence-electron chi connectivity index (χ1n) is 4.40. The van der Waals surface area contributed by atoms with Gasteiger partial charge in [-0.1, -0.05) is 6.92 Å². The molecule has 0 bridgehead atoms. The molecule has 0 aromatic heterocycles. The van der Waals surface area contributed by atoms with E-state index >= 15 is 0 Å². The van der Waals surface area contributed by atoms with E-state index in [0.717, 1.165) is 6.42 Å². The zero-order valence-corrected chi connectivity index (χ0v) is 7.99. The smallest absolute Gasteiger partial charge is 0.252 e. The summed E-state index contributed by atoms with van der Waals surface area (Å²) in [6, 6.07) is 4.43. The summed E-state index contributed by atoms with van der Waals surface area (Å²) in [4.78, 5) is 10.9. The van der Waals surface area contributed by atoms with Crippen LogP contribution >= 0.6 is 0 Å². The van der Waals surface area contributed by atoms with Crippen molar-refractivity contribution in [3.05, 3.63) is 23.8 Å². The van der Waals surface area contributed by atoms with Gasteiger partial charge < -0.3 is 15.6 Å². The maximum atomic E-state index is 10.9. The van der Waals surface area contributed by atoms with Gasteiger partial charge in [-0.2, -0.15) is 0 Å². The quantitative estimate of drug-likeness (QED) is 0.760. The summed E-state index contributed by atoms with van der Waals surface area (Å²) in [7, 11) is 0. The normalized spacial score (nSPS) is 9.79. The summed E-state index contributed by atoms with van der Waals surface area (Å²) >= 11 is 0. The number of hydrogen-bond acceptors (Lipinski definition) is 3. The van der Waals surface area contributed by atoms with E-state index in [1.165, 1.54) is 12.1 Å². The Balaban J connectivity index is 2.89. The number of carbonyl (C=O) groups excluding carboxylic acids is 1. The number of nitrogens with two attached hydrogens (primary N) is 1. The molecule has 1 amide bonds. The zero-order chi connectivity index (χ0) is 10.6. The third-order valence-electron chi connectivity index (χ3n) is 1.71. The second-order valence-electron chi connectivity index (χ2n) is 2.89. The molecule has 0 heterocycles. The van der Waals surface area contributed by atoms with Crippen LogP contribution in [0.2, 0.25) is 0 Å². The molecule has 1 aromatic carbocycles. The second-order valence-corrected chi connectivity index (χ2v) is 2.89. The number of amides is 1. The van der Waals surface area contributed by atoms with Crippen molar-refractivity contribution in [3.63, 3.8) is 0 Å². The molecule has 1 rings (SSSR count). The van der Waals surface area contributed by atoms with Crippen LogP contribution in [0.3, 0.4) is 0 Å². The first kappa shape index (κ1) is 10.4. The number of rotatable bonds is 4. The van der Waals surface area contributed by atoms with Gasteiger partial charge >= 0.3 is 0 Å². The van der Waals surface area contributed by atoms with Crippen LogP contribution in [0.4, 0.5) is 0 Å². The van der Waals surface area contributed by atoms with Crippen molar-refractivity contribution < 1.29 is 14.6 Å². The van der Waals surface area contributed by atoms with Gasteiger partial charge in [0.2, 0.25) is 0 Å². The molecule has 0 saturated carbocycles. The summed E-state index contributed by atoms with van der Waals surface area (Å²) in [6.07, 6.45) is 0.882. The van der Waals surface area contributed by atoms with Crippen LogP contribution in [0, 0.1) is 0 Å². The Labute approximate surface area is 82.3 Å². The van der Waals surface area contributed by atoms with Gasteiger partial charge in [-0.25, -0.2) is 0 Å². The number of hydrogen-bond donors (Lipinski definition) is 2. The minimum atomic E-state index is -0.663. The van der Waals surface area contributed by atoms with Crippen molar-refractivity contribution in [1.29, 1.82) is 0 Å². The maximum Gasteiger partial charge on any atom is 0.252 e. The minimum absolute atomic E-state index is 0.0820. The lowest BCUT2D eigenvalue weighted by Crippen LogP contribution is -2.11. The largest absolute Gasteiger partial charge is 0.507 e. The number of phenols is 1. The molecular formula is C10H13NO3. The molecule has 0 fully saturated rings. The summed E-state index contributed by atoms with van der Waals surface area (Å²) in [5, 5.41) is 9.27. The van der Waals surface area contributed by atoms with Gasteiger partial charge in [0.15, 0.2) is 0 Å². The van der Waals surface area contributed by atoms with Gasteiger partial charge in [0.05, 0.1) is 12.2 Å². The van der Waals surface area contributed by atoms with Crippen LogP contribution in [-0.4, -0.2) is 17.6 Å². The predicted molar refractivity (Wildman–Crippen MR) is 52.4 cm³/mol. The van der Waals surface area contributed by atoms with Crippen LogP contribution in [0.25, 0.3) is 0 Å². The highest BCUT2D eigenvalue weighted by Crippen LogP contribution is 2.22. The van der Waals surface area contributed by atoms with Crippen LogP contribution < -0.4 is 10.5 Å². The molecule has 0 atom stereocenters. The molecule has 14 heavy (non-hydrogen) atoms. The van der Waals surface area contributed by atoms with Gasteiger partial charge in [-0.15, -0.1) is 0 Å². The average Bonchev–Trinajstić information content (AvgIpc) is 2.16. The Morgan fingerprint density at radius 2 is 2.29 bits per heavy atom. The molecule has 1 aromatic rings. The van der Waals surface area contributed by atoms with Gasteiger partial charge in [-0.05, 0) is 24.6 Å². The highest BCUT2D eigenvalue weighted by atomic mass is 16.5. The van der Waals surface area contributed by atoms with E-state index in [0.29, 0.717) is 12.4 Å². The molecule has 76 valence electrons. The number of ether oxygens (including phenoxy) is 1. The van der Waals surface area contributed by atoms with E-state index in [9.17, 15) is 9.90 Å². The molecule has 0 radical (unpaired) electrons. The van der Waals surface area contributed by atoms with E-state index in [4.69, 9.17) is 10.5 Å². The standard InChI is InChI=1S/C10H13NO3/c1-2-5-14-7-3-4-9(12)8(6-7)10(11)13/h3-4,6,12H,2,5H2,1H3,(H2,11,13). The highest BCUT2D eigenvalue weighted by Gasteiger charge is 2.08. The predicted octanol–water partition coefficient (Wildman–Crippen LogP) is 1.28. The first-order valence-corrected chi connectivity index (χ1v) is 4.40. The monoisotopic (exact) mass is 195 g/mol. The van der Waals surface area contributed by atoms with Gasteiger partial charge in [-0.3, -0.25) is 4.79 Å². The van der Waals surface area contributed by atoms with E-state index in [2.05, 4.69) is 0 Å². The molecule has 0 unspecified atom stereocenters. The van der Waals surface area contributed by atoms with Crippen LogP contribution in [0.1, 0.15) is 23.7 Å². The Bertz CT molecular complexity index is 336. The van der Waals surface area contributed by atoms with Gasteiger partial charge in [0.25, 0.3) is 5.91 Å². The van der Waals surface area contributed by atoms with Crippen LogP contribution in [-0.2, 0) is 0 Å². The summed E-state index contributed by atoms with van der Waals surface area (Å²) < 4.78 is 5.28. The fraction of sp³-hybridized carbons (Fsp3) is 0.300. The number of aromatic hydroxyl groups is 1. The minimum Gasteiger partial charge on any atom is -0.507 e. The fourth-order valence-electron chi connectivity index (χ4n) is 1.02. The number of primary amides is 1. The molecule has 0 aliphatic rings. The lowest BCUT2D eigenvalue weighted by Gasteiger charge is -2.06. The second kappa shape index (κ2) is 4.50. The maximum absolute atomic E-state index is 10.9. The van der Waals surface area contributed by atoms with Crippen molar-refractivity contribution in [2.24, 2.45) is 5.73 Å². The summed E-state index contributed by atoms with van der Waals surface area (Å²) in [5.74, 6) is -0.246. The lowest BCUT2D eigenvalue weighted by atomic mass is 10.2. The third kappa shape index (κ3) is 2.39. The van der Waals surface area contributed by atoms with Gasteiger partial charge in [0.1, 0.15) is 11.5 Å². The van der Waals surface area contributed by atoms with Crippen LogP contribution in [0.15, 0.2) is 18.2 Å². The molecule has 4 heteroatoms. The van der Waals surface area contributed by atoms with Crippen LogP contribution in [0.5, 0.6) is 11.5 Å². The lowest BCUT2D eigenvalue weighted by molar-refractivity contribution is 0.0997. The number of carbonyl (C=O) groups is 1. The van der Waals surface area contributed by atoms with E-state index in [1.807, 2.05) is 6.92 Å². The first-order chi connectivity index (χ1) is 6.65.